The number of hydrogen-bond donors (Lipinski definition) is 0. The highest BCUT2D eigenvalue weighted by Crippen LogP contribution is 2.49. The summed E-state index contributed by atoms with van der Waals surface area (Å²) in [6.07, 6.45) is 9.06. The predicted molar refractivity (Wildman–Crippen MR) is 121 cm³/mol. The minimum atomic E-state index is 0.149. The maximum Gasteiger partial charge on any atom is 0.196 e. The summed E-state index contributed by atoms with van der Waals surface area (Å²) >= 11 is 0. The van der Waals surface area contributed by atoms with Crippen molar-refractivity contribution >= 4 is 0 Å². The quantitative estimate of drug-likeness (QED) is 0.436. The lowest BCUT2D eigenvalue weighted by atomic mass is 9.60. The van der Waals surface area contributed by atoms with E-state index in [0.29, 0.717) is 12.4 Å². The molecule has 1 saturated carbocycles. The molecule has 0 unspecified atom stereocenters. The summed E-state index contributed by atoms with van der Waals surface area (Å²) in [5, 5.41) is 0. The molecule has 4 aromatic rings. The SMILES string of the molecule is Cc1ccc(C2(c3ccc(OCc4ccnc(-c5nccn5C)n4)cc3)CCC2)cc1. The van der Waals surface area contributed by atoms with Gasteiger partial charge in [0.2, 0.25) is 0 Å². The summed E-state index contributed by atoms with van der Waals surface area (Å²) in [7, 11) is 1.93. The normalized spacial score (nSPS) is 14.8. The average molecular weight is 411 g/mol. The van der Waals surface area contributed by atoms with Crippen LogP contribution in [0.3, 0.4) is 0 Å². The van der Waals surface area contributed by atoms with Gasteiger partial charge in [-0.15, -0.1) is 0 Å². The molecular formula is C26H26N4O. The van der Waals surface area contributed by atoms with E-state index in [2.05, 4.69) is 70.4 Å². The molecule has 1 aliphatic carbocycles. The number of nitrogens with zero attached hydrogens (tertiary/aromatic N) is 4. The zero-order valence-corrected chi connectivity index (χ0v) is 18.0. The molecule has 2 heterocycles. The van der Waals surface area contributed by atoms with Crippen LogP contribution < -0.4 is 4.74 Å². The number of hydrogen-bond acceptors (Lipinski definition) is 4. The summed E-state index contributed by atoms with van der Waals surface area (Å²) in [6.45, 7) is 2.53. The Morgan fingerprint density at radius 1 is 0.903 bits per heavy atom. The Morgan fingerprint density at radius 3 is 2.23 bits per heavy atom. The van der Waals surface area contributed by atoms with Gasteiger partial charge in [-0.1, -0.05) is 48.4 Å². The lowest BCUT2D eigenvalue weighted by Gasteiger charge is -2.43. The van der Waals surface area contributed by atoms with Crippen LogP contribution in [-0.2, 0) is 19.1 Å². The van der Waals surface area contributed by atoms with Crippen LogP contribution >= 0.6 is 0 Å². The van der Waals surface area contributed by atoms with Crippen molar-refractivity contribution in [3.63, 3.8) is 0 Å². The first-order valence-electron chi connectivity index (χ1n) is 10.7. The van der Waals surface area contributed by atoms with Crippen LogP contribution in [0.25, 0.3) is 11.6 Å². The first-order valence-corrected chi connectivity index (χ1v) is 10.7. The van der Waals surface area contributed by atoms with Crippen LogP contribution in [0.1, 0.15) is 41.6 Å². The fourth-order valence-corrected chi connectivity index (χ4v) is 4.34. The Labute approximate surface area is 182 Å². The van der Waals surface area contributed by atoms with Gasteiger partial charge in [0, 0.05) is 31.1 Å². The maximum absolute atomic E-state index is 6.02. The fourth-order valence-electron chi connectivity index (χ4n) is 4.34. The molecule has 5 heteroatoms. The van der Waals surface area contributed by atoms with Gasteiger partial charge in [-0.05, 0) is 49.1 Å². The van der Waals surface area contributed by atoms with Crippen LogP contribution in [-0.4, -0.2) is 19.5 Å². The molecule has 156 valence electrons. The van der Waals surface area contributed by atoms with Gasteiger partial charge >= 0.3 is 0 Å². The predicted octanol–water partition coefficient (Wildman–Crippen LogP) is 5.23. The number of ether oxygens (including phenoxy) is 1. The second-order valence-corrected chi connectivity index (χ2v) is 8.35. The smallest absolute Gasteiger partial charge is 0.196 e. The molecule has 5 rings (SSSR count). The molecule has 1 aliphatic rings. The van der Waals surface area contributed by atoms with Crippen LogP contribution in [0.4, 0.5) is 0 Å². The van der Waals surface area contributed by atoms with Crippen molar-refractivity contribution in [1.29, 1.82) is 0 Å². The zero-order chi connectivity index (χ0) is 21.3. The van der Waals surface area contributed by atoms with E-state index in [1.54, 1.807) is 12.4 Å². The molecule has 0 atom stereocenters. The Hall–Kier alpha value is -3.47. The van der Waals surface area contributed by atoms with Crippen molar-refractivity contribution in [3.8, 4) is 17.4 Å². The molecule has 2 aromatic heterocycles. The lowest BCUT2D eigenvalue weighted by molar-refractivity contribution is 0.294. The van der Waals surface area contributed by atoms with Gasteiger partial charge in [0.1, 0.15) is 12.4 Å². The van der Waals surface area contributed by atoms with E-state index in [-0.39, 0.29) is 5.41 Å². The Balaban J connectivity index is 1.30. The summed E-state index contributed by atoms with van der Waals surface area (Å²) < 4.78 is 7.92. The van der Waals surface area contributed by atoms with E-state index >= 15 is 0 Å². The molecule has 0 bridgehead atoms. The topological polar surface area (TPSA) is 52.8 Å². The number of rotatable bonds is 6. The largest absolute Gasteiger partial charge is 0.487 e. The molecule has 0 spiro atoms. The first-order chi connectivity index (χ1) is 15.1. The Morgan fingerprint density at radius 2 is 1.61 bits per heavy atom. The van der Waals surface area contributed by atoms with Gasteiger partial charge in [-0.3, -0.25) is 0 Å². The summed E-state index contributed by atoms with van der Waals surface area (Å²) in [4.78, 5) is 13.3. The van der Waals surface area contributed by atoms with Crippen molar-refractivity contribution in [2.75, 3.05) is 0 Å². The molecule has 2 aromatic carbocycles. The lowest BCUT2D eigenvalue weighted by Crippen LogP contribution is -2.35. The van der Waals surface area contributed by atoms with Gasteiger partial charge in [0.05, 0.1) is 5.69 Å². The summed E-state index contributed by atoms with van der Waals surface area (Å²) in [5.41, 5.74) is 5.07. The van der Waals surface area contributed by atoms with Crippen LogP contribution in [0.15, 0.2) is 73.2 Å². The third-order valence-corrected chi connectivity index (χ3v) is 6.34. The highest BCUT2D eigenvalue weighted by atomic mass is 16.5. The molecule has 5 nitrogen and oxygen atoms in total. The molecule has 0 N–H and O–H groups in total. The van der Waals surface area contributed by atoms with Crippen molar-refractivity contribution in [1.82, 2.24) is 19.5 Å². The standard InChI is InChI=1S/C26H26N4O/c1-19-4-6-20(7-5-19)26(13-3-14-26)21-8-10-23(11-9-21)31-18-22-12-15-27-24(29-22)25-28-16-17-30(25)2/h4-12,15-17H,3,13-14,18H2,1-2H3. The van der Waals surface area contributed by atoms with E-state index in [0.717, 1.165) is 17.3 Å². The highest BCUT2D eigenvalue weighted by molar-refractivity contribution is 5.45. The molecule has 0 amide bonds. The first kappa shape index (κ1) is 19.5. The number of aryl methyl sites for hydroxylation is 2. The third-order valence-electron chi connectivity index (χ3n) is 6.34. The van der Waals surface area contributed by atoms with Crippen LogP contribution in [0, 0.1) is 6.92 Å². The summed E-state index contributed by atoms with van der Waals surface area (Å²) in [6, 6.07) is 19.5. The fraction of sp³-hybridized carbons (Fsp3) is 0.269. The second-order valence-electron chi connectivity index (χ2n) is 8.35. The number of aromatic nitrogens is 4. The van der Waals surface area contributed by atoms with E-state index < -0.39 is 0 Å². The monoisotopic (exact) mass is 410 g/mol. The number of benzene rings is 2. The second kappa shape index (κ2) is 7.99. The van der Waals surface area contributed by atoms with E-state index in [9.17, 15) is 0 Å². The van der Waals surface area contributed by atoms with E-state index in [1.165, 1.54) is 36.0 Å². The number of imidazole rings is 1. The van der Waals surface area contributed by atoms with Gasteiger partial charge in [-0.2, -0.15) is 0 Å². The molecule has 0 saturated heterocycles. The van der Waals surface area contributed by atoms with Crippen LogP contribution in [0.5, 0.6) is 5.75 Å². The molecule has 0 radical (unpaired) electrons. The Bertz CT molecular complexity index is 1170. The third kappa shape index (κ3) is 3.72. The summed E-state index contributed by atoms with van der Waals surface area (Å²) in [5.74, 6) is 2.20. The van der Waals surface area contributed by atoms with Gasteiger partial charge in [0.25, 0.3) is 0 Å². The molecule has 31 heavy (non-hydrogen) atoms. The highest BCUT2D eigenvalue weighted by Gasteiger charge is 2.40. The minimum Gasteiger partial charge on any atom is -0.487 e. The van der Waals surface area contributed by atoms with Crippen molar-refractivity contribution in [2.45, 2.75) is 38.2 Å². The molecular weight excluding hydrogens is 384 g/mol. The average Bonchev–Trinajstić information content (AvgIpc) is 3.20. The van der Waals surface area contributed by atoms with Crippen LogP contribution in [0.2, 0.25) is 0 Å². The van der Waals surface area contributed by atoms with Crippen molar-refractivity contribution < 1.29 is 4.74 Å². The van der Waals surface area contributed by atoms with Gasteiger partial charge in [0.15, 0.2) is 11.6 Å². The Kier molecular flexibility index (Phi) is 5.02. The molecule has 0 aliphatic heterocycles. The zero-order valence-electron chi connectivity index (χ0n) is 18.0. The van der Waals surface area contributed by atoms with Gasteiger partial charge < -0.3 is 9.30 Å². The molecule has 1 fully saturated rings. The van der Waals surface area contributed by atoms with Crippen molar-refractivity contribution in [2.24, 2.45) is 7.05 Å². The van der Waals surface area contributed by atoms with E-state index in [1.807, 2.05) is 23.9 Å². The maximum atomic E-state index is 6.02. The van der Waals surface area contributed by atoms with Gasteiger partial charge in [-0.25, -0.2) is 15.0 Å². The van der Waals surface area contributed by atoms with E-state index in [4.69, 9.17) is 4.74 Å². The van der Waals surface area contributed by atoms with Crippen molar-refractivity contribution in [3.05, 3.63) is 95.6 Å². The minimum absolute atomic E-state index is 0.149.